The first-order valence-electron chi connectivity index (χ1n) is 7.91. The number of hydrogen-bond donors (Lipinski definition) is 1. The van der Waals surface area contributed by atoms with E-state index in [4.69, 9.17) is 11.6 Å². The molecule has 138 valence electrons. The van der Waals surface area contributed by atoms with Crippen LogP contribution >= 0.6 is 11.6 Å². The van der Waals surface area contributed by atoms with Crippen LogP contribution in [0.25, 0.3) is 11.1 Å². The van der Waals surface area contributed by atoms with Crippen LogP contribution in [0, 0.1) is 17.0 Å². The quantitative estimate of drug-likeness (QED) is 0.479. The Hall–Kier alpha value is -2.90. The lowest BCUT2D eigenvalue weighted by Crippen LogP contribution is -2.14. The summed E-state index contributed by atoms with van der Waals surface area (Å²) in [7, 11) is -3.89. The number of benzene rings is 3. The minimum absolute atomic E-state index is 0.0848. The fourth-order valence-electron chi connectivity index (χ4n) is 2.56. The Morgan fingerprint density at radius 3 is 2.22 bits per heavy atom. The molecule has 0 aliphatic rings. The molecule has 0 bridgehead atoms. The van der Waals surface area contributed by atoms with Gasteiger partial charge in [-0.3, -0.25) is 14.8 Å². The molecule has 3 aromatic carbocycles. The van der Waals surface area contributed by atoms with E-state index < -0.39 is 14.9 Å². The maximum absolute atomic E-state index is 12.7. The number of halogens is 1. The average Bonchev–Trinajstić information content (AvgIpc) is 2.62. The molecule has 0 fully saturated rings. The Bertz CT molecular complexity index is 1100. The number of nitro groups is 1. The van der Waals surface area contributed by atoms with Crippen LogP contribution in [0.2, 0.25) is 5.02 Å². The molecule has 0 heterocycles. The second kappa shape index (κ2) is 7.38. The van der Waals surface area contributed by atoms with E-state index >= 15 is 0 Å². The predicted molar refractivity (Wildman–Crippen MR) is 106 cm³/mol. The van der Waals surface area contributed by atoms with Crippen LogP contribution in [0.5, 0.6) is 0 Å². The van der Waals surface area contributed by atoms with Crippen LogP contribution in [0.4, 0.5) is 11.4 Å². The smallest absolute Gasteiger partial charge is 0.279 e. The summed E-state index contributed by atoms with van der Waals surface area (Å²) in [5, 5.41) is 11.1. The summed E-state index contributed by atoms with van der Waals surface area (Å²) >= 11 is 6.00. The molecule has 0 amide bonds. The Balaban J connectivity index is 2.13. The Morgan fingerprint density at radius 1 is 1.00 bits per heavy atom. The van der Waals surface area contributed by atoms with E-state index in [-0.39, 0.29) is 21.3 Å². The van der Waals surface area contributed by atoms with Crippen LogP contribution in [-0.4, -0.2) is 13.3 Å². The summed E-state index contributed by atoms with van der Waals surface area (Å²) in [6.07, 6.45) is 0. The van der Waals surface area contributed by atoms with Gasteiger partial charge in [-0.05, 0) is 30.7 Å². The van der Waals surface area contributed by atoms with Crippen molar-refractivity contribution in [3.63, 3.8) is 0 Å². The average molecular weight is 403 g/mol. The zero-order valence-corrected chi connectivity index (χ0v) is 15.8. The van der Waals surface area contributed by atoms with Crippen molar-refractivity contribution in [2.45, 2.75) is 11.8 Å². The normalized spacial score (nSPS) is 11.2. The number of nitrogens with zero attached hydrogens (tertiary/aromatic N) is 1. The van der Waals surface area contributed by atoms with Gasteiger partial charge in [0.05, 0.1) is 15.5 Å². The van der Waals surface area contributed by atoms with Gasteiger partial charge in [-0.25, -0.2) is 8.42 Å². The summed E-state index contributed by atoms with van der Waals surface area (Å²) in [5.41, 5.74) is 1.78. The largest absolute Gasteiger partial charge is 0.288 e. The molecule has 0 aromatic heterocycles. The fraction of sp³-hybridized carbons (Fsp3) is 0.0526. The molecule has 1 N–H and O–H groups in total. The van der Waals surface area contributed by atoms with Crippen molar-refractivity contribution in [3.8, 4) is 11.1 Å². The second-order valence-corrected chi connectivity index (χ2v) is 7.98. The number of hydrogen-bond acceptors (Lipinski definition) is 4. The van der Waals surface area contributed by atoms with Gasteiger partial charge in [0.15, 0.2) is 0 Å². The van der Waals surface area contributed by atoms with Gasteiger partial charge in [-0.1, -0.05) is 59.6 Å². The van der Waals surface area contributed by atoms with E-state index in [1.54, 1.807) is 42.5 Å². The second-order valence-electron chi connectivity index (χ2n) is 5.89. The molecule has 0 saturated carbocycles. The number of nitro benzene ring substituents is 1. The van der Waals surface area contributed by atoms with Gasteiger partial charge in [0.2, 0.25) is 0 Å². The molecule has 8 heteroatoms. The highest BCUT2D eigenvalue weighted by molar-refractivity contribution is 7.92. The number of sulfonamides is 1. The summed E-state index contributed by atoms with van der Waals surface area (Å²) < 4.78 is 28.0. The van der Waals surface area contributed by atoms with Crippen molar-refractivity contribution in [2.75, 3.05) is 4.72 Å². The molecule has 0 unspecified atom stereocenters. The lowest BCUT2D eigenvalue weighted by Gasteiger charge is -2.14. The monoisotopic (exact) mass is 402 g/mol. The maximum Gasteiger partial charge on any atom is 0.288 e. The predicted octanol–water partition coefficient (Wildman–Crippen LogP) is 5.02. The van der Waals surface area contributed by atoms with Crippen LogP contribution in [0.1, 0.15) is 5.56 Å². The standard InChI is InChI=1S/C19H15ClN2O4S/c1-13-7-9-15(10-8-13)27(25,26)21-18-12-17(20)19(22(23)24)11-16(18)14-5-3-2-4-6-14/h2-12,21H,1H3. The lowest BCUT2D eigenvalue weighted by molar-refractivity contribution is -0.384. The minimum Gasteiger partial charge on any atom is -0.279 e. The molecule has 0 spiro atoms. The van der Waals surface area contributed by atoms with Gasteiger partial charge in [0.1, 0.15) is 5.02 Å². The van der Waals surface area contributed by atoms with E-state index in [0.29, 0.717) is 11.1 Å². The number of nitrogens with one attached hydrogen (secondary N) is 1. The number of rotatable bonds is 5. The van der Waals surface area contributed by atoms with Crippen molar-refractivity contribution in [1.82, 2.24) is 0 Å². The van der Waals surface area contributed by atoms with E-state index in [0.717, 1.165) is 5.56 Å². The van der Waals surface area contributed by atoms with Gasteiger partial charge in [-0.2, -0.15) is 0 Å². The molecule has 0 aliphatic carbocycles. The highest BCUT2D eigenvalue weighted by atomic mass is 35.5. The van der Waals surface area contributed by atoms with Crippen LogP contribution in [0.3, 0.4) is 0 Å². The van der Waals surface area contributed by atoms with E-state index in [1.807, 2.05) is 6.92 Å². The summed E-state index contributed by atoms with van der Waals surface area (Å²) in [6.45, 7) is 1.85. The molecule has 3 aromatic rings. The molecule has 0 radical (unpaired) electrons. The molecule has 0 atom stereocenters. The zero-order chi connectivity index (χ0) is 19.6. The van der Waals surface area contributed by atoms with Gasteiger partial charge < -0.3 is 0 Å². The molecule has 6 nitrogen and oxygen atoms in total. The van der Waals surface area contributed by atoms with Gasteiger partial charge >= 0.3 is 0 Å². The van der Waals surface area contributed by atoms with Gasteiger partial charge in [0, 0.05) is 11.6 Å². The molecule has 3 rings (SSSR count). The maximum atomic E-state index is 12.7. The third-order valence-electron chi connectivity index (χ3n) is 3.94. The first-order chi connectivity index (χ1) is 12.8. The highest BCUT2D eigenvalue weighted by Crippen LogP contribution is 2.37. The Labute approximate surface area is 161 Å². The van der Waals surface area contributed by atoms with Crippen molar-refractivity contribution >= 4 is 33.0 Å². The van der Waals surface area contributed by atoms with E-state index in [9.17, 15) is 18.5 Å². The van der Waals surface area contributed by atoms with Crippen LogP contribution in [0.15, 0.2) is 71.6 Å². The van der Waals surface area contributed by atoms with E-state index in [2.05, 4.69) is 4.72 Å². The molecule has 0 saturated heterocycles. The number of aryl methyl sites for hydroxylation is 1. The van der Waals surface area contributed by atoms with Crippen molar-refractivity contribution < 1.29 is 13.3 Å². The zero-order valence-electron chi connectivity index (χ0n) is 14.2. The third-order valence-corrected chi connectivity index (χ3v) is 5.63. The summed E-state index contributed by atoms with van der Waals surface area (Å²) in [5.74, 6) is 0. The third kappa shape index (κ3) is 4.10. The van der Waals surface area contributed by atoms with Crippen LogP contribution in [-0.2, 0) is 10.0 Å². The number of anilines is 1. The lowest BCUT2D eigenvalue weighted by atomic mass is 10.0. The molecular formula is C19H15ClN2O4S. The SMILES string of the molecule is Cc1ccc(S(=O)(=O)Nc2cc(Cl)c([N+](=O)[O-])cc2-c2ccccc2)cc1. The van der Waals surface area contributed by atoms with Crippen molar-refractivity contribution in [2.24, 2.45) is 0 Å². The van der Waals surface area contributed by atoms with E-state index in [1.165, 1.54) is 24.3 Å². The summed E-state index contributed by atoms with van der Waals surface area (Å²) in [4.78, 5) is 10.7. The first-order valence-corrected chi connectivity index (χ1v) is 9.77. The summed E-state index contributed by atoms with van der Waals surface area (Å²) in [6, 6.07) is 17.7. The Kier molecular flexibility index (Phi) is 5.16. The molecule has 0 aliphatic heterocycles. The fourth-order valence-corrected chi connectivity index (χ4v) is 3.87. The minimum atomic E-state index is -3.89. The van der Waals surface area contributed by atoms with Gasteiger partial charge in [-0.15, -0.1) is 0 Å². The molecule has 27 heavy (non-hydrogen) atoms. The van der Waals surface area contributed by atoms with Crippen molar-refractivity contribution in [1.29, 1.82) is 0 Å². The van der Waals surface area contributed by atoms with Crippen LogP contribution < -0.4 is 4.72 Å². The van der Waals surface area contributed by atoms with Crippen molar-refractivity contribution in [3.05, 3.63) is 87.4 Å². The topological polar surface area (TPSA) is 89.3 Å². The van der Waals surface area contributed by atoms with Gasteiger partial charge in [0.25, 0.3) is 15.7 Å². The highest BCUT2D eigenvalue weighted by Gasteiger charge is 2.22. The first kappa shape index (κ1) is 18.9. The Morgan fingerprint density at radius 2 is 1.63 bits per heavy atom. The molecular weight excluding hydrogens is 388 g/mol.